The number of aromatic nitrogens is 2. The van der Waals surface area contributed by atoms with E-state index in [1.165, 1.54) is 24.6 Å². The van der Waals surface area contributed by atoms with Gasteiger partial charge in [0.1, 0.15) is 5.03 Å². The van der Waals surface area contributed by atoms with Gasteiger partial charge in [0.2, 0.25) is 5.91 Å². The van der Waals surface area contributed by atoms with E-state index in [9.17, 15) is 9.59 Å². The van der Waals surface area contributed by atoms with Crippen molar-refractivity contribution in [1.29, 1.82) is 0 Å². The number of amides is 2. The third kappa shape index (κ3) is 4.79. The second-order valence-electron chi connectivity index (χ2n) is 8.30. The molecule has 0 atom stereocenters. The highest BCUT2D eigenvalue weighted by Gasteiger charge is 2.32. The Balaban J connectivity index is 1.44. The van der Waals surface area contributed by atoms with Crippen LogP contribution in [0, 0.1) is 12.8 Å². The first kappa shape index (κ1) is 21.9. The van der Waals surface area contributed by atoms with Gasteiger partial charge in [-0.15, -0.1) is 11.8 Å². The van der Waals surface area contributed by atoms with E-state index in [0.717, 1.165) is 38.8 Å². The highest BCUT2D eigenvalue weighted by Crippen LogP contribution is 2.28. The van der Waals surface area contributed by atoms with Crippen molar-refractivity contribution in [2.24, 2.45) is 5.92 Å². The number of carbonyl (C=O) groups is 2. The normalized spacial score (nSPS) is 18.1. The molecule has 0 aliphatic carbocycles. The van der Waals surface area contributed by atoms with E-state index < -0.39 is 0 Å². The summed E-state index contributed by atoms with van der Waals surface area (Å²) in [5, 5.41) is 0.659. The molecule has 2 aromatic rings. The third-order valence-corrected chi connectivity index (χ3v) is 6.94. The summed E-state index contributed by atoms with van der Waals surface area (Å²) in [6.45, 7) is 4.80. The summed E-state index contributed by atoms with van der Waals surface area (Å²) in [5.74, 6) is 1.34. The smallest absolute Gasteiger partial charge is 0.258 e. The molecule has 0 bridgehead atoms. The SMILES string of the molecule is CSc1nc(-c2ccco2)nc(C)c1C(=O)N1CCC(C(=O)N2CCCCCC2)CC1. The average molecular weight is 443 g/mol. The Labute approximate surface area is 187 Å². The summed E-state index contributed by atoms with van der Waals surface area (Å²) in [6, 6.07) is 3.61. The summed E-state index contributed by atoms with van der Waals surface area (Å²) in [5.41, 5.74) is 1.21. The van der Waals surface area contributed by atoms with Crippen molar-refractivity contribution in [2.45, 2.75) is 50.5 Å². The molecule has 2 fully saturated rings. The molecule has 0 radical (unpaired) electrons. The van der Waals surface area contributed by atoms with E-state index in [1.54, 1.807) is 12.3 Å². The fraction of sp³-hybridized carbons (Fsp3) is 0.565. The maximum atomic E-state index is 13.3. The fourth-order valence-corrected chi connectivity index (χ4v) is 5.11. The molecular weight excluding hydrogens is 412 g/mol. The largest absolute Gasteiger partial charge is 0.461 e. The molecule has 0 spiro atoms. The number of nitrogens with zero attached hydrogens (tertiary/aromatic N) is 4. The van der Waals surface area contributed by atoms with Crippen molar-refractivity contribution in [1.82, 2.24) is 19.8 Å². The lowest BCUT2D eigenvalue weighted by Crippen LogP contribution is -2.45. The molecule has 0 N–H and O–H groups in total. The number of aryl methyl sites for hydroxylation is 1. The molecular formula is C23H30N4O3S. The second kappa shape index (κ2) is 9.85. The first-order valence-electron chi connectivity index (χ1n) is 11.1. The van der Waals surface area contributed by atoms with Crippen LogP contribution in [-0.2, 0) is 4.79 Å². The number of hydrogen-bond donors (Lipinski definition) is 0. The maximum absolute atomic E-state index is 13.3. The van der Waals surface area contributed by atoms with Crippen molar-refractivity contribution in [3.8, 4) is 11.6 Å². The van der Waals surface area contributed by atoms with Crippen LogP contribution in [0.3, 0.4) is 0 Å². The highest BCUT2D eigenvalue weighted by atomic mass is 32.2. The van der Waals surface area contributed by atoms with Crippen LogP contribution in [0.15, 0.2) is 27.8 Å². The van der Waals surface area contributed by atoms with Crippen molar-refractivity contribution in [3.63, 3.8) is 0 Å². The number of likely N-dealkylation sites (tertiary alicyclic amines) is 2. The molecule has 2 aliphatic rings. The summed E-state index contributed by atoms with van der Waals surface area (Å²) < 4.78 is 5.42. The van der Waals surface area contributed by atoms with Crippen molar-refractivity contribution in [3.05, 3.63) is 29.7 Å². The Morgan fingerprint density at radius 1 is 1.03 bits per heavy atom. The fourth-order valence-electron chi connectivity index (χ4n) is 4.49. The van der Waals surface area contributed by atoms with Crippen molar-refractivity contribution in [2.75, 3.05) is 32.4 Å². The summed E-state index contributed by atoms with van der Waals surface area (Å²) in [6.07, 6.45) is 9.59. The van der Waals surface area contributed by atoms with Gasteiger partial charge < -0.3 is 14.2 Å². The Morgan fingerprint density at radius 3 is 2.35 bits per heavy atom. The van der Waals surface area contributed by atoms with Gasteiger partial charge in [0.15, 0.2) is 11.6 Å². The molecule has 0 aromatic carbocycles. The van der Waals surface area contributed by atoms with Crippen LogP contribution in [0.5, 0.6) is 0 Å². The van der Waals surface area contributed by atoms with Gasteiger partial charge in [-0.2, -0.15) is 0 Å². The number of thioether (sulfide) groups is 1. The van der Waals surface area contributed by atoms with Crippen LogP contribution in [0.25, 0.3) is 11.6 Å². The Morgan fingerprint density at radius 2 is 1.74 bits per heavy atom. The summed E-state index contributed by atoms with van der Waals surface area (Å²) in [4.78, 5) is 39.3. The van der Waals surface area contributed by atoms with E-state index in [-0.39, 0.29) is 17.7 Å². The molecule has 166 valence electrons. The van der Waals surface area contributed by atoms with Gasteiger partial charge in [0, 0.05) is 32.1 Å². The standard InChI is InChI=1S/C23H30N4O3S/c1-16-19(21(31-2)25-20(24-16)18-8-7-15-30-18)23(29)27-13-9-17(10-14-27)22(28)26-11-5-3-4-6-12-26/h7-8,15,17H,3-6,9-14H2,1-2H3. The predicted octanol–water partition coefficient (Wildman–Crippen LogP) is 4.02. The monoisotopic (exact) mass is 442 g/mol. The molecule has 31 heavy (non-hydrogen) atoms. The minimum absolute atomic E-state index is 0.0286. The molecule has 2 aromatic heterocycles. The first-order valence-corrected chi connectivity index (χ1v) is 12.4. The van der Waals surface area contributed by atoms with Gasteiger partial charge in [-0.1, -0.05) is 12.8 Å². The van der Waals surface area contributed by atoms with Crippen molar-refractivity contribution < 1.29 is 14.0 Å². The number of rotatable bonds is 4. The molecule has 4 heterocycles. The lowest BCUT2D eigenvalue weighted by Gasteiger charge is -2.34. The molecule has 2 saturated heterocycles. The average Bonchev–Trinajstić information content (AvgIpc) is 3.20. The Kier molecular flexibility index (Phi) is 6.95. The molecule has 0 unspecified atom stereocenters. The van der Waals surface area contributed by atoms with Gasteiger partial charge >= 0.3 is 0 Å². The van der Waals surface area contributed by atoms with Crippen LogP contribution in [0.1, 0.15) is 54.6 Å². The summed E-state index contributed by atoms with van der Waals surface area (Å²) in [7, 11) is 0. The maximum Gasteiger partial charge on any atom is 0.258 e. The number of furan rings is 1. The predicted molar refractivity (Wildman–Crippen MR) is 120 cm³/mol. The quantitative estimate of drug-likeness (QED) is 0.526. The van der Waals surface area contributed by atoms with E-state index in [2.05, 4.69) is 9.97 Å². The summed E-state index contributed by atoms with van der Waals surface area (Å²) >= 11 is 1.44. The Bertz CT molecular complexity index is 915. The zero-order valence-corrected chi connectivity index (χ0v) is 19.1. The van der Waals surface area contributed by atoms with Crippen LogP contribution < -0.4 is 0 Å². The third-order valence-electron chi connectivity index (χ3n) is 6.25. The zero-order valence-electron chi connectivity index (χ0n) is 18.3. The molecule has 2 aliphatic heterocycles. The number of hydrogen-bond acceptors (Lipinski definition) is 6. The molecule has 7 nitrogen and oxygen atoms in total. The molecule has 0 saturated carbocycles. The highest BCUT2D eigenvalue weighted by molar-refractivity contribution is 7.98. The lowest BCUT2D eigenvalue weighted by atomic mass is 9.94. The van der Waals surface area contributed by atoms with Crippen LogP contribution in [0.4, 0.5) is 0 Å². The lowest BCUT2D eigenvalue weighted by molar-refractivity contribution is -0.136. The van der Waals surface area contributed by atoms with Gasteiger partial charge in [-0.25, -0.2) is 9.97 Å². The van der Waals surface area contributed by atoms with E-state index in [4.69, 9.17) is 4.42 Å². The van der Waals surface area contributed by atoms with Crippen LogP contribution >= 0.6 is 11.8 Å². The van der Waals surface area contributed by atoms with Gasteiger partial charge in [-0.05, 0) is 51.0 Å². The molecule has 4 rings (SSSR count). The van der Waals surface area contributed by atoms with Crippen LogP contribution in [0.2, 0.25) is 0 Å². The van der Waals surface area contributed by atoms with Crippen LogP contribution in [-0.4, -0.2) is 64.0 Å². The van der Waals surface area contributed by atoms with E-state index >= 15 is 0 Å². The number of carbonyl (C=O) groups excluding carboxylic acids is 2. The van der Waals surface area contributed by atoms with Gasteiger partial charge in [0.25, 0.3) is 5.91 Å². The molecule has 8 heteroatoms. The van der Waals surface area contributed by atoms with E-state index in [1.807, 2.05) is 29.0 Å². The van der Waals surface area contributed by atoms with Crippen molar-refractivity contribution >= 4 is 23.6 Å². The van der Waals surface area contributed by atoms with E-state index in [0.29, 0.717) is 41.0 Å². The van der Waals surface area contributed by atoms with Gasteiger partial charge in [-0.3, -0.25) is 9.59 Å². The van der Waals surface area contributed by atoms with Gasteiger partial charge in [0.05, 0.1) is 17.5 Å². The number of piperidine rings is 1. The Hall–Kier alpha value is -2.35. The minimum Gasteiger partial charge on any atom is -0.461 e. The second-order valence-corrected chi connectivity index (χ2v) is 9.10. The topological polar surface area (TPSA) is 79.5 Å². The molecule has 2 amide bonds. The first-order chi connectivity index (χ1) is 15.1. The zero-order chi connectivity index (χ0) is 21.8. The minimum atomic E-state index is -0.0477.